The molecule has 3 rings (SSSR count). The summed E-state index contributed by atoms with van der Waals surface area (Å²) in [6.45, 7) is 2.89. The van der Waals surface area contributed by atoms with Crippen molar-refractivity contribution in [3.05, 3.63) is 48.0 Å². The Hall–Kier alpha value is -2.60. The second-order valence-electron chi connectivity index (χ2n) is 6.47. The van der Waals surface area contributed by atoms with Crippen molar-refractivity contribution in [1.29, 1.82) is 0 Å². The third kappa shape index (κ3) is 4.28. The van der Waals surface area contributed by atoms with E-state index in [1.807, 2.05) is 47.0 Å². The maximum absolute atomic E-state index is 13.0. The first-order valence-corrected chi connectivity index (χ1v) is 10.0. The number of hydrogen-bond donors (Lipinski definition) is 0. The molecule has 1 heterocycles. The number of carbonyl (C=O) groups excluding carboxylic acids is 1. The van der Waals surface area contributed by atoms with Gasteiger partial charge in [0.1, 0.15) is 0 Å². The molecule has 148 valence electrons. The van der Waals surface area contributed by atoms with Crippen molar-refractivity contribution in [1.82, 2.24) is 0 Å². The summed E-state index contributed by atoms with van der Waals surface area (Å²) >= 11 is 1.82. The lowest BCUT2D eigenvalue weighted by Crippen LogP contribution is -2.30. The van der Waals surface area contributed by atoms with Crippen LogP contribution in [0.25, 0.3) is 6.08 Å². The Labute approximate surface area is 170 Å². The van der Waals surface area contributed by atoms with Gasteiger partial charge in [0.25, 0.3) is 5.91 Å². The zero-order valence-electron chi connectivity index (χ0n) is 16.6. The fourth-order valence-corrected chi connectivity index (χ4v) is 4.28. The predicted molar refractivity (Wildman–Crippen MR) is 114 cm³/mol. The Morgan fingerprint density at radius 1 is 1.11 bits per heavy atom. The number of fused-ring (bicyclic) bond motifs is 1. The van der Waals surface area contributed by atoms with Crippen molar-refractivity contribution in [2.24, 2.45) is 0 Å². The van der Waals surface area contributed by atoms with E-state index in [1.54, 1.807) is 33.5 Å². The second-order valence-corrected chi connectivity index (χ2v) is 7.95. The molecule has 0 radical (unpaired) electrons. The molecule has 0 saturated heterocycles. The van der Waals surface area contributed by atoms with Crippen molar-refractivity contribution in [2.45, 2.75) is 23.5 Å². The van der Waals surface area contributed by atoms with Gasteiger partial charge in [-0.1, -0.05) is 19.1 Å². The van der Waals surface area contributed by atoms with Crippen molar-refractivity contribution >= 4 is 29.4 Å². The quantitative estimate of drug-likeness (QED) is 0.686. The number of anilines is 1. The van der Waals surface area contributed by atoms with E-state index in [1.165, 1.54) is 0 Å². The topological polar surface area (TPSA) is 48.0 Å². The fourth-order valence-electron chi connectivity index (χ4n) is 3.17. The van der Waals surface area contributed by atoms with Crippen LogP contribution in [0, 0.1) is 0 Å². The lowest BCUT2D eigenvalue weighted by Gasteiger charge is -2.21. The van der Waals surface area contributed by atoms with Crippen LogP contribution in [0.2, 0.25) is 0 Å². The largest absolute Gasteiger partial charge is 0.493 e. The average Bonchev–Trinajstić information content (AvgIpc) is 2.89. The van der Waals surface area contributed by atoms with Gasteiger partial charge in [0.15, 0.2) is 11.5 Å². The number of carbonyl (C=O) groups is 1. The zero-order chi connectivity index (χ0) is 20.1. The minimum absolute atomic E-state index is 0.0455. The highest BCUT2D eigenvalue weighted by Gasteiger charge is 2.22. The molecule has 2 aromatic carbocycles. The molecule has 0 N–H and O–H groups in total. The van der Waals surface area contributed by atoms with Crippen LogP contribution in [-0.4, -0.2) is 39.0 Å². The molecular weight excluding hydrogens is 374 g/mol. The summed E-state index contributed by atoms with van der Waals surface area (Å²) in [5.74, 6) is 1.59. The average molecular weight is 400 g/mol. The van der Waals surface area contributed by atoms with E-state index in [9.17, 15) is 4.79 Å². The Morgan fingerprint density at radius 3 is 2.43 bits per heavy atom. The SMILES string of the molecule is COc1cc(C=CC(=O)N2CCC(C)Sc3ccccc32)cc(OC)c1OC. The molecule has 0 fully saturated rings. The van der Waals surface area contributed by atoms with E-state index in [2.05, 4.69) is 13.0 Å². The molecule has 1 unspecified atom stereocenters. The van der Waals surface area contributed by atoms with Gasteiger partial charge in [-0.25, -0.2) is 0 Å². The Kier molecular flexibility index (Phi) is 6.52. The molecule has 28 heavy (non-hydrogen) atoms. The highest BCUT2D eigenvalue weighted by molar-refractivity contribution is 8.00. The Balaban J connectivity index is 1.88. The molecule has 1 aliphatic rings. The molecule has 2 aromatic rings. The first-order chi connectivity index (χ1) is 13.6. The normalized spacial score (nSPS) is 16.4. The van der Waals surface area contributed by atoms with E-state index < -0.39 is 0 Å². The molecule has 0 bridgehead atoms. The van der Waals surface area contributed by atoms with Crippen LogP contribution in [0.3, 0.4) is 0 Å². The van der Waals surface area contributed by atoms with Gasteiger partial charge in [-0.15, -0.1) is 11.8 Å². The summed E-state index contributed by atoms with van der Waals surface area (Å²) in [6.07, 6.45) is 4.32. The number of hydrogen-bond acceptors (Lipinski definition) is 5. The maximum Gasteiger partial charge on any atom is 0.251 e. The first-order valence-electron chi connectivity index (χ1n) is 9.12. The van der Waals surface area contributed by atoms with Crippen LogP contribution >= 0.6 is 11.8 Å². The molecule has 6 heteroatoms. The predicted octanol–water partition coefficient (Wildman–Crippen LogP) is 4.64. The molecule has 0 aromatic heterocycles. The zero-order valence-corrected chi connectivity index (χ0v) is 17.4. The number of ether oxygens (including phenoxy) is 3. The van der Waals surface area contributed by atoms with Gasteiger partial charge in [0, 0.05) is 22.8 Å². The highest BCUT2D eigenvalue weighted by atomic mass is 32.2. The number of benzene rings is 2. The number of methoxy groups -OCH3 is 3. The minimum atomic E-state index is -0.0455. The number of para-hydroxylation sites is 1. The minimum Gasteiger partial charge on any atom is -0.493 e. The van der Waals surface area contributed by atoms with Gasteiger partial charge < -0.3 is 19.1 Å². The maximum atomic E-state index is 13.0. The van der Waals surface area contributed by atoms with Crippen molar-refractivity contribution < 1.29 is 19.0 Å². The highest BCUT2D eigenvalue weighted by Crippen LogP contribution is 2.39. The van der Waals surface area contributed by atoms with E-state index in [4.69, 9.17) is 14.2 Å². The molecule has 0 aliphatic carbocycles. The Bertz CT molecular complexity index is 856. The lowest BCUT2D eigenvalue weighted by atomic mass is 10.1. The third-order valence-electron chi connectivity index (χ3n) is 4.61. The Morgan fingerprint density at radius 2 is 1.79 bits per heavy atom. The van der Waals surface area contributed by atoms with Crippen LogP contribution in [0.1, 0.15) is 18.9 Å². The molecule has 0 saturated carbocycles. The monoisotopic (exact) mass is 399 g/mol. The summed E-state index contributed by atoms with van der Waals surface area (Å²) < 4.78 is 16.1. The van der Waals surface area contributed by atoms with Crippen LogP contribution < -0.4 is 19.1 Å². The molecule has 1 amide bonds. The van der Waals surface area contributed by atoms with E-state index in [0.29, 0.717) is 29.0 Å². The second kappa shape index (κ2) is 9.06. The summed E-state index contributed by atoms with van der Waals surface area (Å²) in [4.78, 5) is 16.0. The smallest absolute Gasteiger partial charge is 0.251 e. The number of nitrogens with zero attached hydrogens (tertiary/aromatic N) is 1. The molecule has 1 aliphatic heterocycles. The van der Waals surface area contributed by atoms with Gasteiger partial charge in [-0.3, -0.25) is 4.79 Å². The van der Waals surface area contributed by atoms with Gasteiger partial charge in [-0.2, -0.15) is 0 Å². The van der Waals surface area contributed by atoms with Gasteiger partial charge >= 0.3 is 0 Å². The van der Waals surface area contributed by atoms with Gasteiger partial charge in [0.2, 0.25) is 5.75 Å². The molecule has 1 atom stereocenters. The third-order valence-corrected chi connectivity index (χ3v) is 5.85. The lowest BCUT2D eigenvalue weighted by molar-refractivity contribution is -0.114. The van der Waals surface area contributed by atoms with E-state index in [0.717, 1.165) is 22.6 Å². The van der Waals surface area contributed by atoms with Crippen LogP contribution in [0.5, 0.6) is 17.2 Å². The van der Waals surface area contributed by atoms with E-state index >= 15 is 0 Å². The first kappa shape index (κ1) is 20.1. The summed E-state index contributed by atoms with van der Waals surface area (Å²) in [5.41, 5.74) is 1.77. The number of thioether (sulfide) groups is 1. The standard InChI is InChI=1S/C22H25NO4S/c1-15-11-12-23(17-7-5-6-8-20(17)28-15)21(24)10-9-16-13-18(25-2)22(27-4)19(14-16)26-3/h5-10,13-15H,11-12H2,1-4H3. The summed E-state index contributed by atoms with van der Waals surface area (Å²) in [6, 6.07) is 11.7. The molecular formula is C22H25NO4S. The van der Waals surface area contributed by atoms with Crippen LogP contribution in [-0.2, 0) is 4.79 Å². The van der Waals surface area contributed by atoms with Crippen molar-refractivity contribution in [2.75, 3.05) is 32.8 Å². The summed E-state index contributed by atoms with van der Waals surface area (Å²) in [7, 11) is 4.71. The number of rotatable bonds is 5. The van der Waals surface area contributed by atoms with E-state index in [-0.39, 0.29) is 5.91 Å². The van der Waals surface area contributed by atoms with Gasteiger partial charge in [0.05, 0.1) is 27.0 Å². The number of amides is 1. The van der Waals surface area contributed by atoms with Crippen LogP contribution in [0.15, 0.2) is 47.4 Å². The van der Waals surface area contributed by atoms with Crippen LogP contribution in [0.4, 0.5) is 5.69 Å². The summed E-state index contributed by atoms with van der Waals surface area (Å²) in [5, 5.41) is 0.470. The molecule has 5 nitrogen and oxygen atoms in total. The molecule has 0 spiro atoms. The van der Waals surface area contributed by atoms with Gasteiger partial charge in [-0.05, 0) is 42.3 Å². The van der Waals surface area contributed by atoms with Crippen molar-refractivity contribution in [3.63, 3.8) is 0 Å². The fraction of sp³-hybridized carbons (Fsp3) is 0.318. The van der Waals surface area contributed by atoms with Crippen molar-refractivity contribution in [3.8, 4) is 17.2 Å².